The maximum atomic E-state index is 13.5. The predicted octanol–water partition coefficient (Wildman–Crippen LogP) is 4.68. The lowest BCUT2D eigenvalue weighted by Crippen LogP contribution is -2.37. The first kappa shape index (κ1) is 27.0. The Balaban J connectivity index is 1.68. The zero-order valence-electron chi connectivity index (χ0n) is 21.4. The first-order chi connectivity index (χ1) is 18.2. The highest BCUT2D eigenvalue weighted by atomic mass is 32.2. The van der Waals surface area contributed by atoms with E-state index in [1.54, 1.807) is 48.5 Å². The molecule has 2 amide bonds. The van der Waals surface area contributed by atoms with Gasteiger partial charge in [-0.3, -0.25) is 9.59 Å². The van der Waals surface area contributed by atoms with Gasteiger partial charge in [-0.1, -0.05) is 45.4 Å². The van der Waals surface area contributed by atoms with Crippen LogP contribution < -0.4 is 24.2 Å². The molecule has 1 unspecified atom stereocenters. The monoisotopic (exact) mass is 538 g/mol. The number of hydrogen-bond acceptors (Lipinski definition) is 7. The summed E-state index contributed by atoms with van der Waals surface area (Å²) >= 11 is 0. The molecule has 0 saturated heterocycles. The summed E-state index contributed by atoms with van der Waals surface area (Å²) in [4.78, 5) is 24.4. The van der Waals surface area contributed by atoms with Crippen LogP contribution in [0.3, 0.4) is 0 Å². The molecule has 0 aromatic heterocycles. The maximum Gasteiger partial charge on any atom is 0.279 e. The van der Waals surface area contributed by atoms with Gasteiger partial charge in [0.05, 0.1) is 4.90 Å². The lowest BCUT2D eigenvalue weighted by atomic mass is 10.0. The van der Waals surface area contributed by atoms with E-state index in [1.165, 1.54) is 12.1 Å². The molecule has 1 aliphatic rings. The minimum atomic E-state index is -4.18. The van der Waals surface area contributed by atoms with Crippen molar-refractivity contribution in [3.63, 3.8) is 0 Å². The number of benzene rings is 3. The lowest BCUT2D eigenvalue weighted by molar-refractivity contribution is -0.126. The first-order valence-electron chi connectivity index (χ1n) is 12.3. The van der Waals surface area contributed by atoms with Gasteiger partial charge in [0.25, 0.3) is 15.9 Å². The average Bonchev–Trinajstić information content (AvgIpc) is 3.36. The molecule has 1 aliphatic heterocycles. The van der Waals surface area contributed by atoms with E-state index >= 15 is 0 Å². The number of anilines is 1. The van der Waals surface area contributed by atoms with E-state index < -0.39 is 22.0 Å². The van der Waals surface area contributed by atoms with Gasteiger partial charge >= 0.3 is 0 Å². The molecule has 1 atom stereocenters. The summed E-state index contributed by atoms with van der Waals surface area (Å²) in [7, 11) is -4.18. The van der Waals surface area contributed by atoms with Crippen molar-refractivity contribution in [2.24, 2.45) is 0 Å². The highest BCUT2D eigenvalue weighted by Crippen LogP contribution is 2.36. The second-order valence-electron chi connectivity index (χ2n) is 9.14. The predicted molar refractivity (Wildman–Crippen MR) is 142 cm³/mol. The number of amides is 2. The molecule has 0 aliphatic carbocycles. The average molecular weight is 539 g/mol. The molecule has 0 saturated carbocycles. The summed E-state index contributed by atoms with van der Waals surface area (Å²) in [6.07, 6.45) is 0.643. The first-order valence-corrected chi connectivity index (χ1v) is 13.8. The molecule has 38 heavy (non-hydrogen) atoms. The number of sulfonamides is 1. The van der Waals surface area contributed by atoms with Crippen molar-refractivity contribution in [1.29, 1.82) is 0 Å². The van der Waals surface area contributed by atoms with Gasteiger partial charge in [-0.25, -0.2) is 13.1 Å². The fourth-order valence-electron chi connectivity index (χ4n) is 4.07. The van der Waals surface area contributed by atoms with Crippen LogP contribution in [0.25, 0.3) is 0 Å². The molecule has 4 rings (SSSR count). The minimum Gasteiger partial charge on any atom is -0.475 e. The molecular formula is C28H30N2O7S. The second-order valence-corrected chi connectivity index (χ2v) is 10.8. The Bertz CT molecular complexity index is 1420. The topological polar surface area (TPSA) is 120 Å². The number of rotatable bonds is 11. The third kappa shape index (κ3) is 6.08. The van der Waals surface area contributed by atoms with Crippen molar-refractivity contribution in [3.8, 4) is 17.2 Å². The van der Waals surface area contributed by atoms with Crippen LogP contribution in [-0.2, 0) is 26.0 Å². The highest BCUT2D eigenvalue weighted by molar-refractivity contribution is 7.90. The van der Waals surface area contributed by atoms with Crippen LogP contribution in [0, 0.1) is 0 Å². The molecule has 1 heterocycles. The lowest BCUT2D eigenvalue weighted by Gasteiger charge is -2.22. The van der Waals surface area contributed by atoms with Gasteiger partial charge in [0, 0.05) is 11.3 Å². The van der Waals surface area contributed by atoms with Crippen LogP contribution >= 0.6 is 0 Å². The van der Waals surface area contributed by atoms with Gasteiger partial charge in [-0.05, 0) is 65.9 Å². The normalized spacial score (nSPS) is 13.2. The largest absolute Gasteiger partial charge is 0.475 e. The maximum absolute atomic E-state index is 13.5. The van der Waals surface area contributed by atoms with Crippen LogP contribution in [0.1, 0.15) is 55.9 Å². The SMILES string of the molecule is CCCc1cc(NC=O)ccc1OC(C(=O)NS(=O)(=O)c1ccc(C(C)C)cc1)c1ccc2c(c1)OCO2. The van der Waals surface area contributed by atoms with Crippen molar-refractivity contribution in [2.45, 2.75) is 50.5 Å². The standard InChI is InChI=1S/C28H30N2O7S/c1-4-5-20-14-22(29-16-31)9-13-24(20)37-27(21-8-12-25-26(15-21)36-17-35-25)28(32)30-38(33,34)23-10-6-19(7-11-23)18(2)3/h6-16,18,27H,4-5,17H2,1-3H3,(H,29,31)(H,30,32). The van der Waals surface area contributed by atoms with E-state index in [4.69, 9.17) is 14.2 Å². The van der Waals surface area contributed by atoms with Crippen molar-refractivity contribution in [1.82, 2.24) is 4.72 Å². The Labute approximate surface area is 222 Å². The Morgan fingerprint density at radius 2 is 1.71 bits per heavy atom. The Kier molecular flexibility index (Phi) is 8.21. The van der Waals surface area contributed by atoms with Crippen molar-refractivity contribution >= 4 is 28.0 Å². The van der Waals surface area contributed by atoms with Gasteiger partial charge < -0.3 is 19.5 Å². The van der Waals surface area contributed by atoms with Gasteiger partial charge in [-0.15, -0.1) is 0 Å². The van der Waals surface area contributed by atoms with Crippen molar-refractivity contribution in [3.05, 3.63) is 77.4 Å². The molecule has 0 bridgehead atoms. The van der Waals surface area contributed by atoms with E-state index in [0.717, 1.165) is 17.5 Å². The van der Waals surface area contributed by atoms with E-state index in [-0.39, 0.29) is 17.6 Å². The minimum absolute atomic E-state index is 0.0318. The van der Waals surface area contributed by atoms with Gasteiger partial charge in [0.15, 0.2) is 11.5 Å². The third-order valence-corrected chi connectivity index (χ3v) is 7.44. The Morgan fingerprint density at radius 3 is 2.39 bits per heavy atom. The second kappa shape index (κ2) is 11.6. The molecule has 200 valence electrons. The number of nitrogens with one attached hydrogen (secondary N) is 2. The molecule has 0 spiro atoms. The van der Waals surface area contributed by atoms with Crippen molar-refractivity contribution in [2.75, 3.05) is 12.1 Å². The fraction of sp³-hybridized carbons (Fsp3) is 0.286. The molecule has 0 radical (unpaired) electrons. The summed E-state index contributed by atoms with van der Waals surface area (Å²) < 4.78 is 45.4. The van der Waals surface area contributed by atoms with Crippen LogP contribution in [0.5, 0.6) is 17.2 Å². The number of carbonyl (C=O) groups is 2. The van der Waals surface area contributed by atoms with E-state index in [2.05, 4.69) is 10.0 Å². The quantitative estimate of drug-likeness (QED) is 0.340. The number of fused-ring (bicyclic) bond motifs is 1. The summed E-state index contributed by atoms with van der Waals surface area (Å²) in [6, 6.07) is 16.3. The van der Waals surface area contributed by atoms with E-state index in [9.17, 15) is 18.0 Å². The van der Waals surface area contributed by atoms with Crippen LogP contribution in [-0.4, -0.2) is 27.5 Å². The van der Waals surface area contributed by atoms with E-state index in [0.29, 0.717) is 41.3 Å². The van der Waals surface area contributed by atoms with Gasteiger partial charge in [-0.2, -0.15) is 0 Å². The highest BCUT2D eigenvalue weighted by Gasteiger charge is 2.30. The zero-order valence-corrected chi connectivity index (χ0v) is 22.2. The molecule has 2 N–H and O–H groups in total. The number of aryl methyl sites for hydroxylation is 1. The molecule has 10 heteroatoms. The number of ether oxygens (including phenoxy) is 3. The molecular weight excluding hydrogens is 508 g/mol. The van der Waals surface area contributed by atoms with Crippen LogP contribution in [0.4, 0.5) is 5.69 Å². The fourth-order valence-corrected chi connectivity index (χ4v) is 5.05. The summed E-state index contributed by atoms with van der Waals surface area (Å²) in [5.74, 6) is 0.696. The third-order valence-electron chi connectivity index (χ3n) is 6.08. The number of hydrogen-bond donors (Lipinski definition) is 2. The molecule has 3 aromatic carbocycles. The molecule has 9 nitrogen and oxygen atoms in total. The Morgan fingerprint density at radius 1 is 1.00 bits per heavy atom. The summed E-state index contributed by atoms with van der Waals surface area (Å²) in [6.45, 7) is 6.05. The summed E-state index contributed by atoms with van der Waals surface area (Å²) in [5.41, 5.74) is 2.69. The zero-order chi connectivity index (χ0) is 27.3. The molecule has 0 fully saturated rings. The number of carbonyl (C=O) groups excluding carboxylic acids is 2. The van der Waals surface area contributed by atoms with Crippen molar-refractivity contribution < 1.29 is 32.2 Å². The van der Waals surface area contributed by atoms with Crippen LogP contribution in [0.2, 0.25) is 0 Å². The van der Waals surface area contributed by atoms with E-state index in [1.807, 2.05) is 20.8 Å². The Hall–Kier alpha value is -4.05. The smallest absolute Gasteiger partial charge is 0.279 e. The van der Waals surface area contributed by atoms with Crippen LogP contribution in [0.15, 0.2) is 65.6 Å². The van der Waals surface area contributed by atoms with Gasteiger partial charge in [0.1, 0.15) is 5.75 Å². The summed E-state index contributed by atoms with van der Waals surface area (Å²) in [5, 5.41) is 2.60. The van der Waals surface area contributed by atoms with Gasteiger partial charge in [0.2, 0.25) is 19.3 Å². The molecule has 3 aromatic rings.